The highest BCUT2D eigenvalue weighted by Crippen LogP contribution is 2.02. The number of rotatable bonds is 8. The minimum atomic E-state index is 0.437. The first-order valence-corrected chi connectivity index (χ1v) is 6.07. The smallest absolute Gasteiger partial charge is 0.0587 e. The average molecular weight is 237 g/mol. The molecule has 0 fully saturated rings. The third-order valence-corrected chi connectivity index (χ3v) is 2.69. The van der Waals surface area contributed by atoms with Crippen molar-refractivity contribution in [2.24, 2.45) is 0 Å². The lowest BCUT2D eigenvalue weighted by atomic mass is 10.2. The molecule has 1 atom stereocenters. The molecule has 4 nitrogen and oxygen atoms in total. The van der Waals surface area contributed by atoms with Gasteiger partial charge in [-0.15, -0.1) is 0 Å². The van der Waals surface area contributed by atoms with E-state index in [9.17, 15) is 0 Å². The van der Waals surface area contributed by atoms with E-state index >= 15 is 0 Å². The number of hydrogen-bond acceptors (Lipinski definition) is 4. The van der Waals surface area contributed by atoms with Crippen molar-refractivity contribution >= 4 is 0 Å². The Morgan fingerprint density at radius 3 is 3.00 bits per heavy atom. The Hall–Kier alpha value is -0.970. The van der Waals surface area contributed by atoms with Crippen LogP contribution in [0.25, 0.3) is 0 Å². The minimum absolute atomic E-state index is 0.437. The Labute approximate surface area is 104 Å². The topological polar surface area (TPSA) is 46.2 Å². The van der Waals surface area contributed by atoms with Crippen LogP contribution in [0.4, 0.5) is 0 Å². The summed E-state index contributed by atoms with van der Waals surface area (Å²) in [4.78, 5) is 4.27. The summed E-state index contributed by atoms with van der Waals surface area (Å²) >= 11 is 0. The summed E-state index contributed by atoms with van der Waals surface area (Å²) in [6, 6.07) is 4.53. The molecule has 0 spiro atoms. The van der Waals surface area contributed by atoms with E-state index in [0.717, 1.165) is 31.9 Å². The SMILES string of the molecule is COCCNCC(C)NCc1cccnc1C. The zero-order valence-corrected chi connectivity index (χ0v) is 11.0. The van der Waals surface area contributed by atoms with Crippen LogP contribution in [0.2, 0.25) is 0 Å². The maximum absolute atomic E-state index is 4.98. The predicted octanol–water partition coefficient (Wildman–Crippen LogP) is 1.10. The number of aromatic nitrogens is 1. The lowest BCUT2D eigenvalue weighted by molar-refractivity contribution is 0.198. The van der Waals surface area contributed by atoms with Gasteiger partial charge in [-0.3, -0.25) is 4.98 Å². The van der Waals surface area contributed by atoms with E-state index in [0.29, 0.717) is 6.04 Å². The molecule has 96 valence electrons. The fourth-order valence-corrected chi connectivity index (χ4v) is 1.55. The highest BCUT2D eigenvalue weighted by atomic mass is 16.5. The third-order valence-electron chi connectivity index (χ3n) is 2.69. The number of ether oxygens (including phenoxy) is 1. The van der Waals surface area contributed by atoms with Crippen LogP contribution >= 0.6 is 0 Å². The molecule has 1 aromatic heterocycles. The van der Waals surface area contributed by atoms with Gasteiger partial charge in [-0.05, 0) is 25.5 Å². The van der Waals surface area contributed by atoms with Crippen LogP contribution in [0, 0.1) is 6.92 Å². The van der Waals surface area contributed by atoms with Crippen LogP contribution < -0.4 is 10.6 Å². The Morgan fingerprint density at radius 1 is 1.47 bits per heavy atom. The zero-order valence-electron chi connectivity index (χ0n) is 11.0. The van der Waals surface area contributed by atoms with Gasteiger partial charge in [0.15, 0.2) is 0 Å². The molecular formula is C13H23N3O. The molecule has 0 aromatic carbocycles. The molecule has 0 amide bonds. The normalized spacial score (nSPS) is 12.6. The van der Waals surface area contributed by atoms with Gasteiger partial charge in [-0.2, -0.15) is 0 Å². The van der Waals surface area contributed by atoms with Crippen molar-refractivity contribution in [1.29, 1.82) is 0 Å². The number of pyridine rings is 1. The van der Waals surface area contributed by atoms with Gasteiger partial charge in [0.05, 0.1) is 6.61 Å². The van der Waals surface area contributed by atoms with Gasteiger partial charge >= 0.3 is 0 Å². The second kappa shape index (κ2) is 8.17. The molecule has 2 N–H and O–H groups in total. The van der Waals surface area contributed by atoms with Crippen LogP contribution in [0.3, 0.4) is 0 Å². The Morgan fingerprint density at radius 2 is 2.29 bits per heavy atom. The molecule has 0 saturated heterocycles. The van der Waals surface area contributed by atoms with Crippen molar-refractivity contribution in [2.45, 2.75) is 26.4 Å². The molecule has 0 bridgehead atoms. The summed E-state index contributed by atoms with van der Waals surface area (Å²) in [6.07, 6.45) is 1.83. The highest BCUT2D eigenvalue weighted by molar-refractivity contribution is 5.17. The largest absolute Gasteiger partial charge is 0.383 e. The van der Waals surface area contributed by atoms with Crippen LogP contribution in [0.5, 0.6) is 0 Å². The molecule has 0 aliphatic heterocycles. The lowest BCUT2D eigenvalue weighted by Crippen LogP contribution is -2.37. The Bertz CT molecular complexity index is 317. The number of nitrogens with zero attached hydrogens (tertiary/aromatic N) is 1. The van der Waals surface area contributed by atoms with E-state index in [1.807, 2.05) is 19.2 Å². The van der Waals surface area contributed by atoms with Gasteiger partial charge in [-0.25, -0.2) is 0 Å². The number of methoxy groups -OCH3 is 1. The maximum Gasteiger partial charge on any atom is 0.0587 e. The predicted molar refractivity (Wildman–Crippen MR) is 70.0 cm³/mol. The van der Waals surface area contributed by atoms with Crippen LogP contribution in [-0.4, -0.2) is 37.8 Å². The van der Waals surface area contributed by atoms with Crippen LogP contribution in [-0.2, 0) is 11.3 Å². The Kier molecular flexibility index (Phi) is 6.77. The quantitative estimate of drug-likeness (QED) is 0.665. The molecule has 0 aliphatic rings. The van der Waals surface area contributed by atoms with Crippen molar-refractivity contribution in [2.75, 3.05) is 26.8 Å². The monoisotopic (exact) mass is 237 g/mol. The first kappa shape index (κ1) is 14.1. The van der Waals surface area contributed by atoms with E-state index in [1.54, 1.807) is 7.11 Å². The second-order valence-corrected chi connectivity index (χ2v) is 4.23. The second-order valence-electron chi connectivity index (χ2n) is 4.23. The van der Waals surface area contributed by atoms with E-state index in [2.05, 4.69) is 28.6 Å². The van der Waals surface area contributed by atoms with Crippen molar-refractivity contribution in [3.05, 3.63) is 29.6 Å². The van der Waals surface area contributed by atoms with Crippen molar-refractivity contribution in [1.82, 2.24) is 15.6 Å². The van der Waals surface area contributed by atoms with Gasteiger partial charge < -0.3 is 15.4 Å². The molecule has 4 heteroatoms. The third kappa shape index (κ3) is 5.77. The first-order chi connectivity index (χ1) is 8.24. The van der Waals surface area contributed by atoms with Gasteiger partial charge in [0.2, 0.25) is 0 Å². The number of nitrogens with one attached hydrogen (secondary N) is 2. The summed E-state index contributed by atoms with van der Waals surface area (Å²) in [5, 5.41) is 6.81. The van der Waals surface area contributed by atoms with E-state index in [1.165, 1.54) is 5.56 Å². The summed E-state index contributed by atoms with van der Waals surface area (Å²) in [5.74, 6) is 0. The fraction of sp³-hybridized carbons (Fsp3) is 0.615. The van der Waals surface area contributed by atoms with Gasteiger partial charge in [0, 0.05) is 44.7 Å². The van der Waals surface area contributed by atoms with Gasteiger partial charge in [0.1, 0.15) is 0 Å². The zero-order chi connectivity index (χ0) is 12.5. The molecule has 0 saturated carbocycles. The molecule has 1 unspecified atom stereocenters. The van der Waals surface area contributed by atoms with Crippen LogP contribution in [0.15, 0.2) is 18.3 Å². The number of hydrogen-bond donors (Lipinski definition) is 2. The lowest BCUT2D eigenvalue weighted by Gasteiger charge is -2.15. The number of aryl methyl sites for hydroxylation is 1. The highest BCUT2D eigenvalue weighted by Gasteiger charge is 2.02. The van der Waals surface area contributed by atoms with Gasteiger partial charge in [0.25, 0.3) is 0 Å². The first-order valence-electron chi connectivity index (χ1n) is 6.07. The maximum atomic E-state index is 4.98. The van der Waals surface area contributed by atoms with Crippen LogP contribution in [0.1, 0.15) is 18.2 Å². The average Bonchev–Trinajstić information content (AvgIpc) is 2.34. The molecule has 1 aromatic rings. The van der Waals surface area contributed by atoms with Crippen molar-refractivity contribution in [3.8, 4) is 0 Å². The summed E-state index contributed by atoms with van der Waals surface area (Å²) in [7, 11) is 1.72. The fourth-order valence-electron chi connectivity index (χ4n) is 1.55. The molecule has 17 heavy (non-hydrogen) atoms. The standard InChI is InChI=1S/C13H23N3O/c1-11(9-14-7-8-17-3)16-10-13-5-4-6-15-12(13)2/h4-6,11,14,16H,7-10H2,1-3H3. The minimum Gasteiger partial charge on any atom is -0.383 e. The summed E-state index contributed by atoms with van der Waals surface area (Å²) < 4.78 is 4.98. The molecular weight excluding hydrogens is 214 g/mol. The van der Waals surface area contributed by atoms with E-state index in [-0.39, 0.29) is 0 Å². The molecule has 0 aliphatic carbocycles. The van der Waals surface area contributed by atoms with Crippen molar-refractivity contribution in [3.63, 3.8) is 0 Å². The van der Waals surface area contributed by atoms with Crippen molar-refractivity contribution < 1.29 is 4.74 Å². The van der Waals surface area contributed by atoms with E-state index in [4.69, 9.17) is 4.74 Å². The molecule has 1 rings (SSSR count). The summed E-state index contributed by atoms with van der Waals surface area (Å²) in [6.45, 7) is 7.68. The Balaban J connectivity index is 2.19. The van der Waals surface area contributed by atoms with E-state index < -0.39 is 0 Å². The molecule has 1 heterocycles. The van der Waals surface area contributed by atoms with Gasteiger partial charge in [-0.1, -0.05) is 6.07 Å². The summed E-state index contributed by atoms with van der Waals surface area (Å²) in [5.41, 5.74) is 2.36. The molecule has 0 radical (unpaired) electrons.